The smallest absolute Gasteiger partial charge is 0.251 e. The van der Waals surface area contributed by atoms with Crippen LogP contribution in [0.3, 0.4) is 0 Å². The largest absolute Gasteiger partial charge is 0.346 e. The van der Waals surface area contributed by atoms with Crippen molar-refractivity contribution in [2.45, 2.75) is 26.8 Å². The van der Waals surface area contributed by atoms with Gasteiger partial charge < -0.3 is 5.32 Å². The van der Waals surface area contributed by atoms with Gasteiger partial charge in [0.1, 0.15) is 11.3 Å². The second-order valence-corrected chi connectivity index (χ2v) is 6.95. The van der Waals surface area contributed by atoms with Gasteiger partial charge in [0.05, 0.1) is 11.7 Å². The first-order valence-electron chi connectivity index (χ1n) is 9.31. The van der Waals surface area contributed by atoms with Crippen LogP contribution in [0.2, 0.25) is 0 Å². The second kappa shape index (κ2) is 7.27. The van der Waals surface area contributed by atoms with Gasteiger partial charge in [-0.15, -0.1) is 0 Å². The molecule has 2 aromatic heterocycles. The summed E-state index contributed by atoms with van der Waals surface area (Å²) in [6, 6.07) is 19.4. The van der Waals surface area contributed by atoms with E-state index in [1.165, 1.54) is 0 Å². The number of aryl methyl sites for hydroxylation is 2. The molecule has 5 nitrogen and oxygen atoms in total. The predicted molar refractivity (Wildman–Crippen MR) is 111 cm³/mol. The van der Waals surface area contributed by atoms with Crippen molar-refractivity contribution in [2.75, 3.05) is 0 Å². The van der Waals surface area contributed by atoms with E-state index in [0.717, 1.165) is 33.8 Å². The lowest BCUT2D eigenvalue weighted by Crippen LogP contribution is -2.26. The summed E-state index contributed by atoms with van der Waals surface area (Å²) >= 11 is 0. The first-order chi connectivity index (χ1) is 13.5. The van der Waals surface area contributed by atoms with E-state index in [1.54, 1.807) is 6.20 Å². The molecule has 0 aliphatic heterocycles. The summed E-state index contributed by atoms with van der Waals surface area (Å²) in [6.45, 7) is 5.96. The van der Waals surface area contributed by atoms with Crippen molar-refractivity contribution >= 4 is 17.1 Å². The molecular weight excluding hydrogens is 348 g/mol. The van der Waals surface area contributed by atoms with Gasteiger partial charge in [-0.3, -0.25) is 9.36 Å². The van der Waals surface area contributed by atoms with Crippen molar-refractivity contribution < 1.29 is 4.79 Å². The van der Waals surface area contributed by atoms with E-state index in [-0.39, 0.29) is 11.9 Å². The third kappa shape index (κ3) is 3.27. The van der Waals surface area contributed by atoms with Gasteiger partial charge in [-0.05, 0) is 56.2 Å². The Balaban J connectivity index is 1.69. The van der Waals surface area contributed by atoms with Gasteiger partial charge in [-0.2, -0.15) is 0 Å². The van der Waals surface area contributed by atoms with Crippen LogP contribution >= 0.6 is 0 Å². The van der Waals surface area contributed by atoms with Crippen molar-refractivity contribution in [1.29, 1.82) is 0 Å². The minimum absolute atomic E-state index is 0.0732. The van der Waals surface area contributed by atoms with Gasteiger partial charge in [-0.1, -0.05) is 36.4 Å². The van der Waals surface area contributed by atoms with Crippen LogP contribution in [0.15, 0.2) is 66.9 Å². The Labute approximate surface area is 164 Å². The predicted octanol–water partition coefficient (Wildman–Crippen LogP) is 4.53. The van der Waals surface area contributed by atoms with Crippen molar-refractivity contribution in [3.05, 3.63) is 89.4 Å². The lowest BCUT2D eigenvalue weighted by atomic mass is 10.1. The number of benzene rings is 2. The number of nitrogens with zero attached hydrogens (tertiary/aromatic N) is 3. The molecule has 28 heavy (non-hydrogen) atoms. The quantitative estimate of drug-likeness (QED) is 0.574. The number of hydrogen-bond donors (Lipinski definition) is 1. The summed E-state index contributed by atoms with van der Waals surface area (Å²) in [5.41, 5.74) is 5.29. The lowest BCUT2D eigenvalue weighted by molar-refractivity contribution is 0.0940. The molecule has 2 heterocycles. The third-order valence-electron chi connectivity index (χ3n) is 4.94. The second-order valence-electron chi connectivity index (χ2n) is 6.95. The molecule has 0 bridgehead atoms. The minimum Gasteiger partial charge on any atom is -0.346 e. The van der Waals surface area contributed by atoms with E-state index >= 15 is 0 Å². The van der Waals surface area contributed by atoms with Gasteiger partial charge in [-0.25, -0.2) is 9.97 Å². The number of hydrogen-bond acceptors (Lipinski definition) is 3. The molecule has 5 heteroatoms. The van der Waals surface area contributed by atoms with Crippen LogP contribution < -0.4 is 5.32 Å². The SMILES string of the molecule is Cc1ccc(C(=O)NC(C)c2ccccc2)cc1-n1c(C)nc2cccnc21. The molecule has 1 unspecified atom stereocenters. The Morgan fingerprint density at radius 2 is 1.82 bits per heavy atom. The molecule has 140 valence electrons. The number of aromatic nitrogens is 3. The number of pyridine rings is 1. The molecule has 0 fully saturated rings. The maximum Gasteiger partial charge on any atom is 0.251 e. The number of carbonyl (C=O) groups is 1. The van der Waals surface area contributed by atoms with E-state index in [2.05, 4.69) is 15.3 Å². The van der Waals surface area contributed by atoms with Gasteiger partial charge >= 0.3 is 0 Å². The molecule has 1 amide bonds. The van der Waals surface area contributed by atoms with Crippen LogP contribution in [0.4, 0.5) is 0 Å². The lowest BCUT2D eigenvalue weighted by Gasteiger charge is -2.16. The van der Waals surface area contributed by atoms with Crippen LogP contribution in [-0.2, 0) is 0 Å². The fourth-order valence-corrected chi connectivity index (χ4v) is 3.41. The zero-order valence-electron chi connectivity index (χ0n) is 16.2. The van der Waals surface area contributed by atoms with E-state index in [0.29, 0.717) is 5.56 Å². The van der Waals surface area contributed by atoms with Crippen molar-refractivity contribution in [2.24, 2.45) is 0 Å². The van der Waals surface area contributed by atoms with Crippen LogP contribution in [0.1, 0.15) is 40.3 Å². The van der Waals surface area contributed by atoms with Crippen molar-refractivity contribution in [3.63, 3.8) is 0 Å². The number of carbonyl (C=O) groups excluding carboxylic acids is 1. The highest BCUT2D eigenvalue weighted by atomic mass is 16.1. The third-order valence-corrected chi connectivity index (χ3v) is 4.94. The molecule has 2 aromatic carbocycles. The standard InChI is InChI=1S/C23H22N4O/c1-15-11-12-19(23(28)25-16(2)18-8-5-4-6-9-18)14-21(15)27-17(3)26-20-10-7-13-24-22(20)27/h4-14,16H,1-3H3,(H,25,28). The summed E-state index contributed by atoms with van der Waals surface area (Å²) in [6.07, 6.45) is 1.76. The summed E-state index contributed by atoms with van der Waals surface area (Å²) in [4.78, 5) is 21.9. The Kier molecular flexibility index (Phi) is 4.65. The summed E-state index contributed by atoms with van der Waals surface area (Å²) in [7, 11) is 0. The fourth-order valence-electron chi connectivity index (χ4n) is 3.41. The number of amides is 1. The molecular formula is C23H22N4O. The van der Waals surface area contributed by atoms with E-state index in [4.69, 9.17) is 0 Å². The number of rotatable bonds is 4. The molecule has 0 saturated heterocycles. The highest BCUT2D eigenvalue weighted by Gasteiger charge is 2.16. The monoisotopic (exact) mass is 370 g/mol. The average molecular weight is 370 g/mol. The van der Waals surface area contributed by atoms with Crippen LogP contribution in [0.25, 0.3) is 16.9 Å². The molecule has 0 saturated carbocycles. The first-order valence-corrected chi connectivity index (χ1v) is 9.31. The van der Waals surface area contributed by atoms with Gasteiger partial charge in [0, 0.05) is 11.8 Å². The number of nitrogens with one attached hydrogen (secondary N) is 1. The molecule has 0 aliphatic rings. The maximum atomic E-state index is 12.9. The molecule has 0 spiro atoms. The summed E-state index contributed by atoms with van der Waals surface area (Å²) in [5, 5.41) is 3.08. The number of imidazole rings is 1. The Bertz CT molecular complexity index is 1150. The average Bonchev–Trinajstić information content (AvgIpc) is 3.04. The molecule has 4 rings (SSSR count). The van der Waals surface area contributed by atoms with Gasteiger partial charge in [0.15, 0.2) is 5.65 Å². The topological polar surface area (TPSA) is 59.8 Å². The molecule has 4 aromatic rings. The number of fused-ring (bicyclic) bond motifs is 1. The first kappa shape index (κ1) is 17.9. The highest BCUT2D eigenvalue weighted by Crippen LogP contribution is 2.23. The van der Waals surface area contributed by atoms with Crippen LogP contribution in [0, 0.1) is 13.8 Å². The molecule has 0 aliphatic carbocycles. The maximum absolute atomic E-state index is 12.9. The van der Waals surface area contributed by atoms with Gasteiger partial charge in [0.2, 0.25) is 0 Å². The van der Waals surface area contributed by atoms with Crippen LogP contribution in [0.5, 0.6) is 0 Å². The summed E-state index contributed by atoms with van der Waals surface area (Å²) < 4.78 is 2.00. The molecule has 1 atom stereocenters. The minimum atomic E-state index is -0.104. The Hall–Kier alpha value is -3.47. The summed E-state index contributed by atoms with van der Waals surface area (Å²) in [5.74, 6) is 0.736. The Morgan fingerprint density at radius 3 is 2.61 bits per heavy atom. The van der Waals surface area contributed by atoms with E-state index in [1.807, 2.05) is 86.0 Å². The normalized spacial score (nSPS) is 12.1. The van der Waals surface area contributed by atoms with E-state index < -0.39 is 0 Å². The van der Waals surface area contributed by atoms with E-state index in [9.17, 15) is 4.79 Å². The fraction of sp³-hybridized carbons (Fsp3) is 0.174. The molecule has 0 radical (unpaired) electrons. The van der Waals surface area contributed by atoms with Crippen molar-refractivity contribution in [3.8, 4) is 5.69 Å². The highest BCUT2D eigenvalue weighted by molar-refractivity contribution is 5.95. The zero-order chi connectivity index (χ0) is 19.7. The molecule has 1 N–H and O–H groups in total. The van der Waals surface area contributed by atoms with Crippen molar-refractivity contribution in [1.82, 2.24) is 19.9 Å². The zero-order valence-corrected chi connectivity index (χ0v) is 16.2. The van der Waals surface area contributed by atoms with Gasteiger partial charge in [0.25, 0.3) is 5.91 Å². The Morgan fingerprint density at radius 1 is 1.04 bits per heavy atom. The van der Waals surface area contributed by atoms with Crippen LogP contribution in [-0.4, -0.2) is 20.4 Å².